The molecule has 0 aromatic heterocycles. The molecule has 8 heteroatoms. The zero-order chi connectivity index (χ0) is 17.6. The summed E-state index contributed by atoms with van der Waals surface area (Å²) >= 11 is 1.64. The van der Waals surface area contributed by atoms with Crippen LogP contribution in [0.4, 0.5) is 5.69 Å². The molecule has 0 radical (unpaired) electrons. The minimum atomic E-state index is -3.04. The van der Waals surface area contributed by atoms with E-state index < -0.39 is 9.84 Å². The van der Waals surface area contributed by atoms with Gasteiger partial charge in [0.05, 0.1) is 23.6 Å². The van der Waals surface area contributed by atoms with Crippen molar-refractivity contribution in [1.29, 1.82) is 0 Å². The molecule has 3 aliphatic heterocycles. The number of rotatable bonds is 3. The molecule has 2 atom stereocenters. The molecule has 0 aliphatic carbocycles. The molecular formula is C17H20N2O4S2. The summed E-state index contributed by atoms with van der Waals surface area (Å²) in [5.74, 6) is 2.49. The average Bonchev–Trinajstić information content (AvgIpc) is 3.17. The van der Waals surface area contributed by atoms with E-state index in [-0.39, 0.29) is 30.4 Å². The second-order valence-corrected chi connectivity index (χ2v) is 9.76. The number of nitrogens with zero attached hydrogens (tertiary/aromatic N) is 2. The Balaban J connectivity index is 1.66. The summed E-state index contributed by atoms with van der Waals surface area (Å²) in [6.07, 6.45) is 2.15. The van der Waals surface area contributed by atoms with Crippen LogP contribution in [0.3, 0.4) is 0 Å². The molecule has 0 saturated carbocycles. The average molecular weight is 380 g/mol. The molecule has 3 aliphatic rings. The van der Waals surface area contributed by atoms with Crippen LogP contribution in [0.25, 0.3) is 0 Å². The van der Waals surface area contributed by atoms with Crippen molar-refractivity contribution in [2.75, 3.05) is 29.0 Å². The van der Waals surface area contributed by atoms with Crippen molar-refractivity contribution in [2.45, 2.75) is 25.9 Å². The van der Waals surface area contributed by atoms with Crippen LogP contribution in [0.1, 0.15) is 13.8 Å². The highest BCUT2D eigenvalue weighted by Crippen LogP contribution is 2.40. The monoisotopic (exact) mass is 380 g/mol. The minimum absolute atomic E-state index is 0.130. The summed E-state index contributed by atoms with van der Waals surface area (Å²) in [6, 6.07) is 5.39. The van der Waals surface area contributed by atoms with Crippen molar-refractivity contribution in [1.82, 2.24) is 0 Å². The molecule has 6 nitrogen and oxygen atoms in total. The molecule has 1 saturated heterocycles. The molecule has 0 bridgehead atoms. The van der Waals surface area contributed by atoms with Crippen LogP contribution in [-0.4, -0.2) is 49.7 Å². The van der Waals surface area contributed by atoms with Crippen molar-refractivity contribution in [3.63, 3.8) is 0 Å². The lowest BCUT2D eigenvalue weighted by atomic mass is 10.1. The summed E-state index contributed by atoms with van der Waals surface area (Å²) in [6.45, 7) is 4.34. The van der Waals surface area contributed by atoms with Gasteiger partial charge in [0.25, 0.3) is 0 Å². The van der Waals surface area contributed by atoms with Gasteiger partial charge in [0, 0.05) is 17.5 Å². The molecule has 0 N–H and O–H groups in total. The summed E-state index contributed by atoms with van der Waals surface area (Å²) in [5.41, 5.74) is 2.15. The lowest BCUT2D eigenvalue weighted by Crippen LogP contribution is -2.39. The zero-order valence-corrected chi connectivity index (χ0v) is 15.8. The van der Waals surface area contributed by atoms with Crippen molar-refractivity contribution in [3.05, 3.63) is 29.8 Å². The smallest absolute Gasteiger partial charge is 0.231 e. The number of anilines is 1. The minimum Gasteiger partial charge on any atom is -0.454 e. The Hall–Kier alpha value is -1.67. The van der Waals surface area contributed by atoms with E-state index in [1.807, 2.05) is 18.2 Å². The SMILES string of the molecule is CC(C)=CCSC1=N[C@@H]2CS(=O)(=O)C[C@@H]2N1c1ccc2c(c1)OCO2. The molecule has 3 heterocycles. The maximum absolute atomic E-state index is 12.1. The van der Waals surface area contributed by atoms with Crippen molar-refractivity contribution in [3.8, 4) is 11.5 Å². The number of hydrogen-bond acceptors (Lipinski definition) is 7. The predicted octanol–water partition coefficient (Wildman–Crippen LogP) is 2.46. The van der Waals surface area contributed by atoms with Gasteiger partial charge in [0.1, 0.15) is 0 Å². The first-order valence-corrected chi connectivity index (χ1v) is 11.0. The van der Waals surface area contributed by atoms with Gasteiger partial charge in [0.15, 0.2) is 26.5 Å². The number of benzene rings is 1. The molecule has 4 rings (SSSR count). The van der Waals surface area contributed by atoms with E-state index in [1.54, 1.807) is 11.8 Å². The molecule has 1 aromatic carbocycles. The number of amidine groups is 1. The number of hydrogen-bond donors (Lipinski definition) is 0. The highest BCUT2D eigenvalue weighted by Gasteiger charge is 2.47. The molecule has 0 amide bonds. The normalized spacial score (nSPS) is 25.7. The highest BCUT2D eigenvalue weighted by atomic mass is 32.2. The van der Waals surface area contributed by atoms with Crippen LogP contribution in [-0.2, 0) is 9.84 Å². The standard InChI is InChI=1S/C17H20N2O4S2/c1-11(2)5-6-24-17-18-13-8-25(20,21)9-14(13)19(17)12-3-4-15-16(7-12)23-10-22-15/h3-5,7,13-14H,6,8-10H2,1-2H3/t13-,14+/m1/s1. The Labute approximate surface area is 151 Å². The fraction of sp³-hybridized carbons (Fsp3) is 0.471. The molecular weight excluding hydrogens is 360 g/mol. The summed E-state index contributed by atoms with van der Waals surface area (Å²) in [7, 11) is -3.04. The number of aliphatic imine (C=N–C) groups is 1. The second kappa shape index (κ2) is 6.25. The second-order valence-electron chi connectivity index (χ2n) is 6.62. The number of fused-ring (bicyclic) bond motifs is 2. The van der Waals surface area contributed by atoms with E-state index in [0.29, 0.717) is 11.5 Å². The molecule has 0 spiro atoms. The zero-order valence-electron chi connectivity index (χ0n) is 14.1. The van der Waals surface area contributed by atoms with E-state index in [4.69, 9.17) is 14.5 Å². The molecule has 25 heavy (non-hydrogen) atoms. The van der Waals surface area contributed by atoms with Gasteiger partial charge in [-0.1, -0.05) is 23.4 Å². The third-order valence-corrected chi connectivity index (χ3v) is 7.04. The van der Waals surface area contributed by atoms with Gasteiger partial charge in [-0.3, -0.25) is 4.99 Å². The van der Waals surface area contributed by atoms with Gasteiger partial charge in [-0.2, -0.15) is 0 Å². The van der Waals surface area contributed by atoms with Crippen LogP contribution in [0, 0.1) is 0 Å². The van der Waals surface area contributed by atoms with E-state index in [0.717, 1.165) is 16.6 Å². The van der Waals surface area contributed by atoms with E-state index in [1.165, 1.54) is 5.57 Å². The molecule has 1 aromatic rings. The van der Waals surface area contributed by atoms with E-state index in [9.17, 15) is 8.42 Å². The van der Waals surface area contributed by atoms with Gasteiger partial charge < -0.3 is 14.4 Å². The Morgan fingerprint density at radius 1 is 1.32 bits per heavy atom. The van der Waals surface area contributed by atoms with Crippen LogP contribution in [0.15, 0.2) is 34.8 Å². The maximum atomic E-state index is 12.1. The van der Waals surface area contributed by atoms with Gasteiger partial charge in [-0.15, -0.1) is 0 Å². The van der Waals surface area contributed by atoms with E-state index >= 15 is 0 Å². The summed E-state index contributed by atoms with van der Waals surface area (Å²) in [4.78, 5) is 6.78. The summed E-state index contributed by atoms with van der Waals surface area (Å²) in [5, 5.41) is 0.876. The number of thioether (sulfide) groups is 1. The van der Waals surface area contributed by atoms with Crippen LogP contribution >= 0.6 is 11.8 Å². The highest BCUT2D eigenvalue weighted by molar-refractivity contribution is 8.14. The molecule has 1 fully saturated rings. The van der Waals surface area contributed by atoms with Crippen molar-refractivity contribution >= 4 is 32.5 Å². The van der Waals surface area contributed by atoms with Gasteiger partial charge in [-0.05, 0) is 26.0 Å². The van der Waals surface area contributed by atoms with Gasteiger partial charge in [-0.25, -0.2) is 8.42 Å². The van der Waals surface area contributed by atoms with Crippen LogP contribution in [0.5, 0.6) is 11.5 Å². The Bertz CT molecular complexity index is 859. The van der Waals surface area contributed by atoms with Gasteiger partial charge in [0.2, 0.25) is 6.79 Å². The summed E-state index contributed by atoms with van der Waals surface area (Å²) < 4.78 is 35.0. The molecule has 0 unspecified atom stereocenters. The largest absolute Gasteiger partial charge is 0.454 e. The topological polar surface area (TPSA) is 68.2 Å². The third-order valence-electron chi connectivity index (χ3n) is 4.45. The fourth-order valence-electron chi connectivity index (χ4n) is 3.25. The lowest BCUT2D eigenvalue weighted by molar-refractivity contribution is 0.174. The van der Waals surface area contributed by atoms with Crippen LogP contribution in [0.2, 0.25) is 0 Å². The quantitative estimate of drug-likeness (QED) is 0.751. The number of allylic oxidation sites excluding steroid dienone is 1. The maximum Gasteiger partial charge on any atom is 0.231 e. The third kappa shape index (κ3) is 3.25. The number of sulfone groups is 1. The number of ether oxygens (including phenoxy) is 2. The first-order chi connectivity index (χ1) is 11.9. The van der Waals surface area contributed by atoms with Crippen molar-refractivity contribution < 1.29 is 17.9 Å². The van der Waals surface area contributed by atoms with E-state index in [2.05, 4.69) is 24.8 Å². The Morgan fingerprint density at radius 2 is 2.12 bits per heavy atom. The fourth-order valence-corrected chi connectivity index (χ4v) is 6.25. The van der Waals surface area contributed by atoms with Gasteiger partial charge >= 0.3 is 0 Å². The Kier molecular flexibility index (Phi) is 4.19. The Morgan fingerprint density at radius 3 is 2.92 bits per heavy atom. The first-order valence-electron chi connectivity index (χ1n) is 8.16. The lowest BCUT2D eigenvalue weighted by Gasteiger charge is -2.26. The molecule has 134 valence electrons. The van der Waals surface area contributed by atoms with Crippen LogP contribution < -0.4 is 14.4 Å². The predicted molar refractivity (Wildman–Crippen MR) is 101 cm³/mol. The van der Waals surface area contributed by atoms with Crippen molar-refractivity contribution in [2.24, 2.45) is 4.99 Å². The first kappa shape index (κ1) is 16.8.